The first-order valence-corrected chi connectivity index (χ1v) is 4.87. The molecule has 1 rings (SSSR count). The van der Waals surface area contributed by atoms with Crippen LogP contribution in [-0.4, -0.2) is 19.5 Å². The molecule has 80 valence electrons. The van der Waals surface area contributed by atoms with Crippen LogP contribution < -0.4 is 10.6 Å². The van der Waals surface area contributed by atoms with Crippen LogP contribution in [0.15, 0.2) is 30.9 Å². The molecular formula is C12H16N2O. The van der Waals surface area contributed by atoms with E-state index in [9.17, 15) is 4.79 Å². The monoisotopic (exact) mass is 204 g/mol. The van der Waals surface area contributed by atoms with Crippen molar-refractivity contribution in [1.29, 1.82) is 0 Å². The maximum atomic E-state index is 11.6. The summed E-state index contributed by atoms with van der Waals surface area (Å²) in [5.41, 5.74) is 2.50. The molecule has 0 unspecified atom stereocenters. The zero-order valence-electron chi connectivity index (χ0n) is 9.13. The highest BCUT2D eigenvalue weighted by molar-refractivity contribution is 6.00. The lowest BCUT2D eigenvalue weighted by Gasteiger charge is -2.11. The summed E-state index contributed by atoms with van der Waals surface area (Å²) in [6, 6.07) is 5.73. The topological polar surface area (TPSA) is 41.1 Å². The van der Waals surface area contributed by atoms with Gasteiger partial charge in [0, 0.05) is 19.3 Å². The van der Waals surface area contributed by atoms with Gasteiger partial charge in [-0.1, -0.05) is 18.2 Å². The zero-order valence-corrected chi connectivity index (χ0v) is 9.13. The highest BCUT2D eigenvalue weighted by Crippen LogP contribution is 2.19. The van der Waals surface area contributed by atoms with E-state index >= 15 is 0 Å². The van der Waals surface area contributed by atoms with Gasteiger partial charge in [0.25, 0.3) is 5.91 Å². The van der Waals surface area contributed by atoms with Crippen LogP contribution >= 0.6 is 0 Å². The number of aryl methyl sites for hydroxylation is 1. The van der Waals surface area contributed by atoms with Gasteiger partial charge in [0.05, 0.1) is 5.56 Å². The minimum atomic E-state index is -0.0698. The number of hydrogen-bond donors (Lipinski definition) is 2. The normalized spacial score (nSPS) is 9.47. The molecule has 0 saturated heterocycles. The highest BCUT2D eigenvalue weighted by Gasteiger charge is 2.11. The van der Waals surface area contributed by atoms with Crippen molar-refractivity contribution >= 4 is 11.6 Å². The fraction of sp³-hybridized carbons (Fsp3) is 0.250. The quantitative estimate of drug-likeness (QED) is 0.736. The third kappa shape index (κ3) is 2.59. The summed E-state index contributed by atoms with van der Waals surface area (Å²) in [5.74, 6) is -0.0698. The summed E-state index contributed by atoms with van der Waals surface area (Å²) < 4.78 is 0. The molecule has 0 fully saturated rings. The number of amides is 1. The van der Waals surface area contributed by atoms with Crippen LogP contribution in [0.25, 0.3) is 0 Å². The largest absolute Gasteiger partial charge is 0.381 e. The van der Waals surface area contributed by atoms with E-state index in [1.807, 2.05) is 25.1 Å². The molecule has 3 nitrogen and oxygen atoms in total. The van der Waals surface area contributed by atoms with E-state index < -0.39 is 0 Å². The second-order valence-electron chi connectivity index (χ2n) is 3.25. The van der Waals surface area contributed by atoms with Crippen molar-refractivity contribution in [3.05, 3.63) is 42.0 Å². The smallest absolute Gasteiger partial charge is 0.253 e. The highest BCUT2D eigenvalue weighted by atomic mass is 16.1. The standard InChI is InChI=1S/C12H16N2O/c1-4-8-14-10-7-5-6-9(2)11(10)12(15)13-3/h4-7,14H,1,8H2,2-3H3,(H,13,15). The molecule has 1 aromatic carbocycles. The summed E-state index contributed by atoms with van der Waals surface area (Å²) in [5, 5.41) is 5.77. The first-order valence-electron chi connectivity index (χ1n) is 4.87. The van der Waals surface area contributed by atoms with Crippen molar-refractivity contribution < 1.29 is 4.79 Å². The Bertz CT molecular complexity index is 372. The Hall–Kier alpha value is -1.77. The summed E-state index contributed by atoms with van der Waals surface area (Å²) >= 11 is 0. The van der Waals surface area contributed by atoms with E-state index in [0.717, 1.165) is 11.3 Å². The average molecular weight is 204 g/mol. The molecule has 2 N–H and O–H groups in total. The maximum Gasteiger partial charge on any atom is 0.253 e. The van der Waals surface area contributed by atoms with Gasteiger partial charge in [0.2, 0.25) is 0 Å². The van der Waals surface area contributed by atoms with Crippen LogP contribution in [0.5, 0.6) is 0 Å². The number of hydrogen-bond acceptors (Lipinski definition) is 2. The molecule has 0 spiro atoms. The van der Waals surface area contributed by atoms with Crippen LogP contribution in [-0.2, 0) is 0 Å². The van der Waals surface area contributed by atoms with Gasteiger partial charge in [-0.05, 0) is 18.6 Å². The molecule has 0 heterocycles. The van der Waals surface area contributed by atoms with Crippen molar-refractivity contribution in [2.45, 2.75) is 6.92 Å². The Labute approximate surface area is 90.2 Å². The number of anilines is 1. The molecule has 0 aromatic heterocycles. The summed E-state index contributed by atoms with van der Waals surface area (Å²) in [6.07, 6.45) is 1.76. The maximum absolute atomic E-state index is 11.6. The summed E-state index contributed by atoms with van der Waals surface area (Å²) in [6.45, 7) is 6.20. The van der Waals surface area contributed by atoms with Crippen LogP contribution in [0.1, 0.15) is 15.9 Å². The Morgan fingerprint density at radius 2 is 2.27 bits per heavy atom. The molecule has 0 bridgehead atoms. The fourth-order valence-electron chi connectivity index (χ4n) is 1.42. The molecule has 0 saturated carbocycles. The zero-order chi connectivity index (χ0) is 11.3. The lowest BCUT2D eigenvalue weighted by molar-refractivity contribution is 0.0963. The van der Waals surface area contributed by atoms with Gasteiger partial charge in [-0.2, -0.15) is 0 Å². The molecule has 15 heavy (non-hydrogen) atoms. The van der Waals surface area contributed by atoms with Crippen molar-refractivity contribution in [1.82, 2.24) is 5.32 Å². The van der Waals surface area contributed by atoms with Gasteiger partial charge in [-0.25, -0.2) is 0 Å². The average Bonchev–Trinajstić information content (AvgIpc) is 2.25. The number of carbonyl (C=O) groups excluding carboxylic acids is 1. The first-order chi connectivity index (χ1) is 7.20. The van der Waals surface area contributed by atoms with Crippen LogP contribution in [0.3, 0.4) is 0 Å². The van der Waals surface area contributed by atoms with E-state index in [4.69, 9.17) is 0 Å². The van der Waals surface area contributed by atoms with E-state index in [-0.39, 0.29) is 5.91 Å². The van der Waals surface area contributed by atoms with Gasteiger partial charge >= 0.3 is 0 Å². The Morgan fingerprint density at radius 1 is 1.53 bits per heavy atom. The second-order valence-corrected chi connectivity index (χ2v) is 3.25. The Balaban J connectivity index is 3.08. The third-order valence-electron chi connectivity index (χ3n) is 2.16. The van der Waals surface area contributed by atoms with E-state index in [1.54, 1.807) is 13.1 Å². The first kappa shape index (κ1) is 11.3. The third-order valence-corrected chi connectivity index (χ3v) is 2.16. The van der Waals surface area contributed by atoms with Gasteiger partial charge in [0.1, 0.15) is 0 Å². The Morgan fingerprint density at radius 3 is 2.87 bits per heavy atom. The predicted molar refractivity (Wildman–Crippen MR) is 63.3 cm³/mol. The molecule has 1 aromatic rings. The van der Waals surface area contributed by atoms with Crippen molar-refractivity contribution in [3.8, 4) is 0 Å². The number of nitrogens with one attached hydrogen (secondary N) is 2. The molecular weight excluding hydrogens is 188 g/mol. The van der Waals surface area contributed by atoms with Crippen molar-refractivity contribution in [2.75, 3.05) is 18.9 Å². The fourth-order valence-corrected chi connectivity index (χ4v) is 1.42. The minimum Gasteiger partial charge on any atom is -0.381 e. The van der Waals surface area contributed by atoms with Gasteiger partial charge in [-0.3, -0.25) is 4.79 Å². The molecule has 3 heteroatoms. The molecule has 0 aliphatic rings. The van der Waals surface area contributed by atoms with Crippen LogP contribution in [0, 0.1) is 6.92 Å². The van der Waals surface area contributed by atoms with Gasteiger partial charge < -0.3 is 10.6 Å². The van der Waals surface area contributed by atoms with Crippen molar-refractivity contribution in [2.24, 2.45) is 0 Å². The van der Waals surface area contributed by atoms with E-state index in [1.165, 1.54) is 0 Å². The van der Waals surface area contributed by atoms with Crippen LogP contribution in [0.2, 0.25) is 0 Å². The minimum absolute atomic E-state index is 0.0698. The second kappa shape index (κ2) is 5.20. The molecule has 0 atom stereocenters. The lowest BCUT2D eigenvalue weighted by Crippen LogP contribution is -2.21. The van der Waals surface area contributed by atoms with Crippen LogP contribution in [0.4, 0.5) is 5.69 Å². The number of benzene rings is 1. The molecule has 1 amide bonds. The van der Waals surface area contributed by atoms with E-state index in [2.05, 4.69) is 17.2 Å². The summed E-state index contributed by atoms with van der Waals surface area (Å²) in [4.78, 5) is 11.6. The number of rotatable bonds is 4. The van der Waals surface area contributed by atoms with Gasteiger partial charge in [-0.15, -0.1) is 6.58 Å². The van der Waals surface area contributed by atoms with Gasteiger partial charge in [0.15, 0.2) is 0 Å². The number of carbonyl (C=O) groups is 1. The lowest BCUT2D eigenvalue weighted by atomic mass is 10.1. The molecule has 0 aliphatic carbocycles. The summed E-state index contributed by atoms with van der Waals surface area (Å²) in [7, 11) is 1.63. The molecule has 0 radical (unpaired) electrons. The van der Waals surface area contributed by atoms with Crippen molar-refractivity contribution in [3.63, 3.8) is 0 Å². The Kier molecular flexibility index (Phi) is 3.92. The SMILES string of the molecule is C=CCNc1cccc(C)c1C(=O)NC. The predicted octanol–water partition coefficient (Wildman–Crippen LogP) is 1.95. The molecule has 0 aliphatic heterocycles. The van der Waals surface area contributed by atoms with E-state index in [0.29, 0.717) is 12.1 Å².